The maximum Gasteiger partial charge on any atom is 0.260 e. The number of hydrogen-bond acceptors (Lipinski definition) is 3. The van der Waals surface area contributed by atoms with Crippen molar-refractivity contribution >= 4 is 11.9 Å². The standard InChI is InChI=1S/C21H26N4O/c26-19(16-9-3-1-4-10-16)24-18-12-6-5-11-17(18)21(13-7-2-8-14-21)25-20(24)22-15-23-25/h1,3-4,9-10,15,17-18H,2,5-8,11-14H2/t17-,18+/m1/s1. The first-order chi connectivity index (χ1) is 12.8. The lowest BCUT2D eigenvalue weighted by Gasteiger charge is -2.55. The van der Waals surface area contributed by atoms with E-state index in [2.05, 4.69) is 14.8 Å². The Bertz CT molecular complexity index is 793. The van der Waals surface area contributed by atoms with Crippen LogP contribution in [-0.4, -0.2) is 26.7 Å². The summed E-state index contributed by atoms with van der Waals surface area (Å²) in [6.45, 7) is 0. The van der Waals surface area contributed by atoms with Crippen LogP contribution in [0.25, 0.3) is 0 Å². The molecule has 2 aliphatic carbocycles. The van der Waals surface area contributed by atoms with Crippen molar-refractivity contribution in [3.05, 3.63) is 42.2 Å². The fourth-order valence-electron chi connectivity index (χ4n) is 5.77. The lowest BCUT2D eigenvalue weighted by Crippen LogP contribution is -2.61. The summed E-state index contributed by atoms with van der Waals surface area (Å²) in [7, 11) is 0. The lowest BCUT2D eigenvalue weighted by molar-refractivity contribution is 0.0313. The minimum absolute atomic E-state index is 0.0717. The van der Waals surface area contributed by atoms with Crippen LogP contribution in [-0.2, 0) is 5.54 Å². The quantitative estimate of drug-likeness (QED) is 0.776. The molecule has 2 aromatic rings. The van der Waals surface area contributed by atoms with Gasteiger partial charge in [-0.3, -0.25) is 9.69 Å². The van der Waals surface area contributed by atoms with Crippen LogP contribution < -0.4 is 4.90 Å². The summed E-state index contributed by atoms with van der Waals surface area (Å²) < 4.78 is 2.14. The third kappa shape index (κ3) is 2.25. The van der Waals surface area contributed by atoms with Gasteiger partial charge in [-0.1, -0.05) is 50.3 Å². The van der Waals surface area contributed by atoms with Gasteiger partial charge < -0.3 is 0 Å². The Morgan fingerprint density at radius 3 is 2.58 bits per heavy atom. The first kappa shape index (κ1) is 16.0. The van der Waals surface area contributed by atoms with Crippen LogP contribution in [0.5, 0.6) is 0 Å². The predicted octanol–water partition coefficient (Wildman–Crippen LogP) is 4.16. The van der Waals surface area contributed by atoms with Gasteiger partial charge in [-0.05, 0) is 37.8 Å². The number of anilines is 1. The van der Waals surface area contributed by atoms with E-state index in [0.717, 1.165) is 17.9 Å². The second-order valence-corrected chi connectivity index (χ2v) is 8.14. The van der Waals surface area contributed by atoms with Gasteiger partial charge in [-0.2, -0.15) is 10.1 Å². The molecule has 0 radical (unpaired) electrons. The summed E-state index contributed by atoms with van der Waals surface area (Å²) in [5.41, 5.74) is 0.814. The number of rotatable bonds is 1. The van der Waals surface area contributed by atoms with Crippen LogP contribution in [0.15, 0.2) is 36.7 Å². The SMILES string of the molecule is O=C(c1ccccc1)N1c2ncnn2C2(CCCCC2)[C@@H]2CCCC[C@@H]21. The third-order valence-corrected chi connectivity index (χ3v) is 6.88. The molecule has 0 unspecified atom stereocenters. The minimum Gasteiger partial charge on any atom is -0.273 e. The summed E-state index contributed by atoms with van der Waals surface area (Å²) in [4.78, 5) is 20.0. The molecule has 1 aromatic carbocycles. The normalized spacial score (nSPS) is 27.0. The first-order valence-corrected chi connectivity index (χ1v) is 10.1. The fraction of sp³-hybridized carbons (Fsp3) is 0.571. The summed E-state index contributed by atoms with van der Waals surface area (Å²) in [5, 5.41) is 4.66. The van der Waals surface area contributed by atoms with Gasteiger partial charge in [0, 0.05) is 17.5 Å². The lowest BCUT2D eigenvalue weighted by atomic mass is 9.64. The summed E-state index contributed by atoms with van der Waals surface area (Å²) >= 11 is 0. The number of fused-ring (bicyclic) bond motifs is 4. The van der Waals surface area contributed by atoms with Crippen molar-refractivity contribution in [2.75, 3.05) is 4.90 Å². The molecular formula is C21H26N4O. The van der Waals surface area contributed by atoms with Crippen LogP contribution in [0.4, 0.5) is 5.95 Å². The average molecular weight is 350 g/mol. The van der Waals surface area contributed by atoms with Gasteiger partial charge in [-0.25, -0.2) is 4.68 Å². The van der Waals surface area contributed by atoms with E-state index in [1.807, 2.05) is 35.2 Å². The largest absolute Gasteiger partial charge is 0.273 e. The molecule has 3 aliphatic rings. The molecular weight excluding hydrogens is 324 g/mol. The molecule has 0 N–H and O–H groups in total. The molecule has 5 heteroatoms. The summed E-state index contributed by atoms with van der Waals surface area (Å²) in [5.74, 6) is 1.34. The van der Waals surface area contributed by atoms with E-state index in [9.17, 15) is 4.79 Å². The van der Waals surface area contributed by atoms with Crippen molar-refractivity contribution in [3.8, 4) is 0 Å². The van der Waals surface area contributed by atoms with E-state index in [0.29, 0.717) is 5.92 Å². The molecule has 1 amide bonds. The predicted molar refractivity (Wildman–Crippen MR) is 100 cm³/mol. The van der Waals surface area contributed by atoms with E-state index in [1.165, 1.54) is 51.4 Å². The second kappa shape index (κ2) is 6.22. The van der Waals surface area contributed by atoms with Gasteiger partial charge in [0.25, 0.3) is 5.91 Å². The Kier molecular flexibility index (Phi) is 3.84. The first-order valence-electron chi connectivity index (χ1n) is 10.1. The Balaban J connectivity index is 1.64. The van der Waals surface area contributed by atoms with E-state index in [4.69, 9.17) is 0 Å². The van der Waals surface area contributed by atoms with Crippen LogP contribution in [0, 0.1) is 5.92 Å². The highest BCUT2D eigenvalue weighted by Gasteiger charge is 2.54. The molecule has 136 valence electrons. The highest BCUT2D eigenvalue weighted by molar-refractivity contribution is 6.05. The van der Waals surface area contributed by atoms with Gasteiger partial charge in [0.05, 0.1) is 5.54 Å². The molecule has 2 heterocycles. The van der Waals surface area contributed by atoms with Gasteiger partial charge in [-0.15, -0.1) is 0 Å². The molecule has 0 saturated heterocycles. The topological polar surface area (TPSA) is 51.0 Å². The average Bonchev–Trinajstić information content (AvgIpc) is 3.20. The molecule has 2 fully saturated rings. The number of carbonyl (C=O) groups excluding carboxylic acids is 1. The molecule has 26 heavy (non-hydrogen) atoms. The van der Waals surface area contributed by atoms with E-state index >= 15 is 0 Å². The maximum atomic E-state index is 13.4. The Labute approximate surface area is 154 Å². The monoisotopic (exact) mass is 350 g/mol. The molecule has 2 atom stereocenters. The zero-order valence-electron chi connectivity index (χ0n) is 15.2. The van der Waals surface area contributed by atoms with Crippen LogP contribution >= 0.6 is 0 Å². The van der Waals surface area contributed by atoms with Crippen molar-refractivity contribution in [2.45, 2.75) is 69.4 Å². The Morgan fingerprint density at radius 2 is 1.77 bits per heavy atom. The van der Waals surface area contributed by atoms with Crippen LogP contribution in [0.2, 0.25) is 0 Å². The zero-order valence-corrected chi connectivity index (χ0v) is 15.2. The van der Waals surface area contributed by atoms with Crippen molar-refractivity contribution in [1.29, 1.82) is 0 Å². The van der Waals surface area contributed by atoms with Crippen LogP contribution in [0.1, 0.15) is 68.1 Å². The van der Waals surface area contributed by atoms with Gasteiger partial charge in [0.15, 0.2) is 0 Å². The molecule has 1 spiro atoms. The number of carbonyl (C=O) groups is 1. The number of aromatic nitrogens is 3. The van der Waals surface area contributed by atoms with E-state index in [-0.39, 0.29) is 17.5 Å². The highest BCUT2D eigenvalue weighted by atomic mass is 16.2. The molecule has 2 saturated carbocycles. The van der Waals surface area contributed by atoms with Crippen molar-refractivity contribution in [2.24, 2.45) is 5.92 Å². The number of amides is 1. The molecule has 5 nitrogen and oxygen atoms in total. The smallest absolute Gasteiger partial charge is 0.260 e. The van der Waals surface area contributed by atoms with Crippen molar-refractivity contribution < 1.29 is 4.79 Å². The zero-order chi connectivity index (χ0) is 17.6. The van der Waals surface area contributed by atoms with E-state index in [1.54, 1.807) is 6.33 Å². The molecule has 1 aliphatic heterocycles. The van der Waals surface area contributed by atoms with Gasteiger partial charge >= 0.3 is 0 Å². The fourth-order valence-corrected chi connectivity index (χ4v) is 5.77. The number of hydrogen-bond donors (Lipinski definition) is 0. The molecule has 5 rings (SSSR count). The Morgan fingerprint density at radius 1 is 1.00 bits per heavy atom. The van der Waals surface area contributed by atoms with Gasteiger partial charge in [0.2, 0.25) is 5.95 Å². The minimum atomic E-state index is 0.0717. The number of nitrogens with zero attached hydrogens (tertiary/aromatic N) is 4. The van der Waals surface area contributed by atoms with E-state index < -0.39 is 0 Å². The molecule has 0 bridgehead atoms. The summed E-state index contributed by atoms with van der Waals surface area (Å²) in [6.07, 6.45) is 12.6. The van der Waals surface area contributed by atoms with Crippen molar-refractivity contribution in [1.82, 2.24) is 14.8 Å². The highest BCUT2D eigenvalue weighted by Crippen LogP contribution is 2.52. The van der Waals surface area contributed by atoms with Crippen molar-refractivity contribution in [3.63, 3.8) is 0 Å². The maximum absolute atomic E-state index is 13.4. The van der Waals surface area contributed by atoms with Crippen LogP contribution in [0.3, 0.4) is 0 Å². The number of benzene rings is 1. The summed E-state index contributed by atoms with van der Waals surface area (Å²) in [6, 6.07) is 9.89. The molecule has 1 aromatic heterocycles. The second-order valence-electron chi connectivity index (χ2n) is 8.14. The Hall–Kier alpha value is -2.17. The van der Waals surface area contributed by atoms with Gasteiger partial charge in [0.1, 0.15) is 6.33 Å². The third-order valence-electron chi connectivity index (χ3n) is 6.88.